The monoisotopic (exact) mass is 427 g/mol. The van der Waals surface area contributed by atoms with E-state index in [0.29, 0.717) is 6.61 Å². The second kappa shape index (κ2) is 8.05. The third-order valence-electron chi connectivity index (χ3n) is 5.00. The van der Waals surface area contributed by atoms with Gasteiger partial charge in [0, 0.05) is 17.2 Å². The minimum absolute atomic E-state index is 0.00424. The van der Waals surface area contributed by atoms with Crippen LogP contribution >= 0.6 is 15.9 Å². The number of nitrogens with zero attached hydrogens (tertiary/aromatic N) is 1. The van der Waals surface area contributed by atoms with E-state index >= 15 is 0 Å². The van der Waals surface area contributed by atoms with Crippen LogP contribution in [0.1, 0.15) is 24.0 Å². The molecule has 1 fully saturated rings. The molecule has 140 valence electrons. The average molecular weight is 428 g/mol. The fourth-order valence-electron chi connectivity index (χ4n) is 3.60. The van der Waals surface area contributed by atoms with Crippen LogP contribution in [0.15, 0.2) is 65.3 Å². The predicted molar refractivity (Wildman–Crippen MR) is 109 cm³/mol. The molecule has 2 heterocycles. The van der Waals surface area contributed by atoms with Crippen molar-refractivity contribution in [2.75, 3.05) is 6.54 Å². The Morgan fingerprint density at radius 3 is 2.70 bits per heavy atom. The molecule has 0 spiro atoms. The summed E-state index contributed by atoms with van der Waals surface area (Å²) in [6, 6.07) is 18.0. The SMILES string of the molecule is O=C(OCc1ccccc1)N1CCC[C@H]1C1NC=C(c2ccc(Br)cc2)N1. The molecule has 2 aliphatic heterocycles. The maximum absolute atomic E-state index is 12.6. The highest BCUT2D eigenvalue weighted by Crippen LogP contribution is 2.25. The molecule has 6 heteroatoms. The molecule has 0 saturated carbocycles. The Labute approximate surface area is 167 Å². The summed E-state index contributed by atoms with van der Waals surface area (Å²) in [6.45, 7) is 1.03. The summed E-state index contributed by atoms with van der Waals surface area (Å²) in [5.41, 5.74) is 3.15. The van der Waals surface area contributed by atoms with E-state index in [2.05, 4.69) is 38.7 Å². The minimum Gasteiger partial charge on any atom is -0.445 e. The number of hydrogen-bond donors (Lipinski definition) is 2. The molecular weight excluding hydrogens is 406 g/mol. The van der Waals surface area contributed by atoms with Gasteiger partial charge in [-0.1, -0.05) is 58.4 Å². The van der Waals surface area contributed by atoms with E-state index in [0.717, 1.165) is 40.7 Å². The third-order valence-corrected chi connectivity index (χ3v) is 5.53. The van der Waals surface area contributed by atoms with Gasteiger partial charge in [0.15, 0.2) is 0 Å². The van der Waals surface area contributed by atoms with Crippen LogP contribution in [-0.4, -0.2) is 29.7 Å². The van der Waals surface area contributed by atoms with Crippen molar-refractivity contribution in [2.45, 2.75) is 31.7 Å². The van der Waals surface area contributed by atoms with Gasteiger partial charge < -0.3 is 20.3 Å². The number of carbonyl (C=O) groups is 1. The molecule has 4 rings (SSSR count). The van der Waals surface area contributed by atoms with E-state index in [4.69, 9.17) is 4.74 Å². The van der Waals surface area contributed by atoms with Gasteiger partial charge in [0.05, 0.1) is 11.7 Å². The molecule has 2 N–H and O–H groups in total. The number of carbonyl (C=O) groups excluding carboxylic acids is 1. The Hall–Kier alpha value is -2.47. The molecule has 0 aromatic heterocycles. The second-order valence-corrected chi connectivity index (χ2v) is 7.71. The highest BCUT2D eigenvalue weighted by molar-refractivity contribution is 9.10. The largest absolute Gasteiger partial charge is 0.445 e. The number of halogens is 1. The van der Waals surface area contributed by atoms with Gasteiger partial charge in [0.1, 0.15) is 12.8 Å². The van der Waals surface area contributed by atoms with Crippen molar-refractivity contribution in [3.8, 4) is 0 Å². The van der Waals surface area contributed by atoms with E-state index in [-0.39, 0.29) is 18.3 Å². The van der Waals surface area contributed by atoms with Gasteiger partial charge in [0.2, 0.25) is 0 Å². The lowest BCUT2D eigenvalue weighted by atomic mass is 10.1. The first kappa shape index (κ1) is 17.9. The van der Waals surface area contributed by atoms with E-state index in [1.54, 1.807) is 0 Å². The molecule has 2 aliphatic rings. The molecule has 1 unspecified atom stereocenters. The van der Waals surface area contributed by atoms with Crippen LogP contribution in [0.4, 0.5) is 4.79 Å². The summed E-state index contributed by atoms with van der Waals surface area (Å²) >= 11 is 3.46. The molecule has 2 atom stereocenters. The first-order valence-corrected chi connectivity index (χ1v) is 9.96. The first-order chi connectivity index (χ1) is 13.2. The van der Waals surface area contributed by atoms with Crippen molar-refractivity contribution in [3.05, 3.63) is 76.4 Å². The molecular formula is C21H22BrN3O2. The number of ether oxygens (including phenoxy) is 1. The zero-order chi connectivity index (χ0) is 18.6. The summed E-state index contributed by atoms with van der Waals surface area (Å²) in [4.78, 5) is 14.4. The molecule has 2 aromatic rings. The lowest BCUT2D eigenvalue weighted by molar-refractivity contribution is 0.0858. The molecule has 0 aliphatic carbocycles. The highest BCUT2D eigenvalue weighted by Gasteiger charge is 2.37. The van der Waals surface area contributed by atoms with Gasteiger partial charge in [-0.05, 0) is 36.1 Å². The highest BCUT2D eigenvalue weighted by atomic mass is 79.9. The molecule has 1 amide bonds. The second-order valence-electron chi connectivity index (χ2n) is 6.80. The van der Waals surface area contributed by atoms with Crippen LogP contribution in [0.25, 0.3) is 5.70 Å². The van der Waals surface area contributed by atoms with E-state index in [1.165, 1.54) is 0 Å². The van der Waals surface area contributed by atoms with Gasteiger partial charge in [-0.3, -0.25) is 0 Å². The molecule has 0 bridgehead atoms. The van der Waals surface area contributed by atoms with Crippen LogP contribution in [0.3, 0.4) is 0 Å². The van der Waals surface area contributed by atoms with Crippen molar-refractivity contribution >= 4 is 27.7 Å². The van der Waals surface area contributed by atoms with Crippen LogP contribution < -0.4 is 10.6 Å². The Morgan fingerprint density at radius 2 is 1.93 bits per heavy atom. The molecule has 0 radical (unpaired) electrons. The van der Waals surface area contributed by atoms with E-state index in [9.17, 15) is 4.79 Å². The molecule has 5 nitrogen and oxygen atoms in total. The van der Waals surface area contributed by atoms with Crippen LogP contribution in [0.2, 0.25) is 0 Å². The predicted octanol–water partition coefficient (Wildman–Crippen LogP) is 4.07. The van der Waals surface area contributed by atoms with Crippen molar-refractivity contribution in [1.82, 2.24) is 15.5 Å². The summed E-state index contributed by atoms with van der Waals surface area (Å²) in [7, 11) is 0. The first-order valence-electron chi connectivity index (χ1n) is 9.17. The Morgan fingerprint density at radius 1 is 1.15 bits per heavy atom. The molecule has 2 aromatic carbocycles. The number of rotatable bonds is 4. The Bertz CT molecular complexity index is 823. The summed E-state index contributed by atoms with van der Waals surface area (Å²) < 4.78 is 6.59. The third kappa shape index (κ3) is 4.11. The molecule has 1 saturated heterocycles. The topological polar surface area (TPSA) is 53.6 Å². The fourth-order valence-corrected chi connectivity index (χ4v) is 3.86. The van der Waals surface area contributed by atoms with Crippen molar-refractivity contribution in [2.24, 2.45) is 0 Å². The van der Waals surface area contributed by atoms with E-state index < -0.39 is 0 Å². The van der Waals surface area contributed by atoms with Crippen LogP contribution in [0, 0.1) is 0 Å². The zero-order valence-electron chi connectivity index (χ0n) is 14.9. The maximum atomic E-state index is 12.6. The quantitative estimate of drug-likeness (QED) is 0.771. The summed E-state index contributed by atoms with van der Waals surface area (Å²) in [6.07, 6.45) is 3.67. The van der Waals surface area contributed by atoms with Gasteiger partial charge in [-0.25, -0.2) is 4.79 Å². The average Bonchev–Trinajstić information content (AvgIpc) is 3.37. The van der Waals surface area contributed by atoms with Gasteiger partial charge in [0.25, 0.3) is 0 Å². The summed E-state index contributed by atoms with van der Waals surface area (Å²) in [5.74, 6) is 0. The minimum atomic E-state index is -0.248. The maximum Gasteiger partial charge on any atom is 0.410 e. The molecule has 27 heavy (non-hydrogen) atoms. The van der Waals surface area contributed by atoms with E-state index in [1.807, 2.05) is 53.6 Å². The van der Waals surface area contributed by atoms with Gasteiger partial charge in [-0.15, -0.1) is 0 Å². The lowest BCUT2D eigenvalue weighted by Crippen LogP contribution is -2.51. The van der Waals surface area contributed by atoms with Gasteiger partial charge >= 0.3 is 6.09 Å². The number of benzene rings is 2. The van der Waals surface area contributed by atoms with Crippen LogP contribution in [-0.2, 0) is 11.3 Å². The van der Waals surface area contributed by atoms with Gasteiger partial charge in [-0.2, -0.15) is 0 Å². The normalized spacial score (nSPS) is 21.4. The summed E-state index contributed by atoms with van der Waals surface area (Å²) in [5, 5.41) is 6.90. The van der Waals surface area contributed by atoms with Crippen molar-refractivity contribution in [1.29, 1.82) is 0 Å². The zero-order valence-corrected chi connectivity index (χ0v) is 16.5. The number of likely N-dealkylation sites (tertiary alicyclic amines) is 1. The standard InChI is InChI=1S/C21H22BrN3O2/c22-17-10-8-16(9-11-17)18-13-23-20(24-18)19-7-4-12-25(19)21(26)27-14-15-5-2-1-3-6-15/h1-3,5-6,8-11,13,19-20,23-24H,4,7,12,14H2/t19-,20?/m0/s1. The Kier molecular flexibility index (Phi) is 5.34. The number of nitrogens with one attached hydrogen (secondary N) is 2. The lowest BCUT2D eigenvalue weighted by Gasteiger charge is -2.29. The van der Waals surface area contributed by atoms with Crippen molar-refractivity contribution in [3.63, 3.8) is 0 Å². The number of hydrogen-bond acceptors (Lipinski definition) is 4. The Balaban J connectivity index is 1.36. The van der Waals surface area contributed by atoms with Crippen LogP contribution in [0.5, 0.6) is 0 Å². The van der Waals surface area contributed by atoms with Crippen molar-refractivity contribution < 1.29 is 9.53 Å². The smallest absolute Gasteiger partial charge is 0.410 e. The number of amides is 1. The fraction of sp³-hybridized carbons (Fsp3) is 0.286.